The lowest BCUT2D eigenvalue weighted by molar-refractivity contribution is 0.0963. The number of nitrogens with zero attached hydrogens (tertiary/aromatic N) is 2. The predicted octanol–water partition coefficient (Wildman–Crippen LogP) is 1.90. The summed E-state index contributed by atoms with van der Waals surface area (Å²) in [6, 6.07) is 6.38. The SMILES string of the molecule is CNC(=O)c1ccc(-n2ncc(Cl)c(Cl)c2=O)cc1. The summed E-state index contributed by atoms with van der Waals surface area (Å²) in [6.45, 7) is 0. The summed E-state index contributed by atoms with van der Waals surface area (Å²) in [5.74, 6) is -0.207. The Bertz CT molecular complexity index is 680. The number of amides is 1. The molecule has 5 nitrogen and oxygen atoms in total. The number of hydrogen-bond donors (Lipinski definition) is 1. The fourth-order valence-corrected chi connectivity index (χ4v) is 1.75. The van der Waals surface area contributed by atoms with Crippen molar-refractivity contribution in [2.75, 3.05) is 7.05 Å². The fourth-order valence-electron chi connectivity index (χ4n) is 1.49. The molecule has 1 heterocycles. The molecule has 2 aromatic rings. The van der Waals surface area contributed by atoms with E-state index in [1.165, 1.54) is 6.20 Å². The lowest BCUT2D eigenvalue weighted by Gasteiger charge is -2.06. The zero-order valence-corrected chi connectivity index (χ0v) is 11.4. The fraction of sp³-hybridized carbons (Fsp3) is 0.0833. The van der Waals surface area contributed by atoms with E-state index < -0.39 is 5.56 Å². The van der Waals surface area contributed by atoms with E-state index in [9.17, 15) is 9.59 Å². The maximum atomic E-state index is 11.9. The highest BCUT2D eigenvalue weighted by Crippen LogP contribution is 2.16. The van der Waals surface area contributed by atoms with Crippen LogP contribution in [0.5, 0.6) is 0 Å². The summed E-state index contributed by atoms with van der Waals surface area (Å²) in [7, 11) is 1.54. The van der Waals surface area contributed by atoms with Gasteiger partial charge < -0.3 is 5.32 Å². The van der Waals surface area contributed by atoms with Crippen molar-refractivity contribution in [2.24, 2.45) is 0 Å². The van der Waals surface area contributed by atoms with Crippen LogP contribution in [0.3, 0.4) is 0 Å². The van der Waals surface area contributed by atoms with Crippen LogP contribution in [0, 0.1) is 0 Å². The Morgan fingerprint density at radius 3 is 2.47 bits per heavy atom. The third kappa shape index (κ3) is 2.62. The Kier molecular flexibility index (Phi) is 3.87. The molecule has 0 spiro atoms. The van der Waals surface area contributed by atoms with E-state index in [-0.39, 0.29) is 16.0 Å². The molecule has 0 fully saturated rings. The lowest BCUT2D eigenvalue weighted by Crippen LogP contribution is -2.22. The number of aromatic nitrogens is 2. The van der Waals surface area contributed by atoms with Crippen molar-refractivity contribution >= 4 is 29.1 Å². The second-order valence-corrected chi connectivity index (χ2v) is 4.43. The van der Waals surface area contributed by atoms with Crippen molar-refractivity contribution in [3.05, 3.63) is 56.4 Å². The van der Waals surface area contributed by atoms with Crippen LogP contribution < -0.4 is 10.9 Å². The van der Waals surface area contributed by atoms with Crippen LogP contribution in [0.1, 0.15) is 10.4 Å². The normalized spacial score (nSPS) is 10.3. The molecule has 0 aliphatic heterocycles. The van der Waals surface area contributed by atoms with Crippen molar-refractivity contribution in [3.8, 4) is 5.69 Å². The highest BCUT2D eigenvalue weighted by Gasteiger charge is 2.09. The van der Waals surface area contributed by atoms with Gasteiger partial charge in [-0.15, -0.1) is 0 Å². The second-order valence-electron chi connectivity index (χ2n) is 3.65. The maximum Gasteiger partial charge on any atom is 0.291 e. The molecule has 1 amide bonds. The molecule has 0 aliphatic carbocycles. The van der Waals surface area contributed by atoms with Crippen LogP contribution in [0.2, 0.25) is 10.0 Å². The number of nitrogens with one attached hydrogen (secondary N) is 1. The van der Waals surface area contributed by atoms with Gasteiger partial charge in [0.25, 0.3) is 11.5 Å². The van der Waals surface area contributed by atoms with Gasteiger partial charge in [0.05, 0.1) is 16.9 Å². The summed E-state index contributed by atoms with van der Waals surface area (Å²) in [6.07, 6.45) is 1.29. The van der Waals surface area contributed by atoms with Gasteiger partial charge in [-0.05, 0) is 24.3 Å². The third-order valence-corrected chi connectivity index (χ3v) is 3.23. The Morgan fingerprint density at radius 2 is 1.89 bits per heavy atom. The van der Waals surface area contributed by atoms with Crippen molar-refractivity contribution in [2.45, 2.75) is 0 Å². The molecule has 1 N–H and O–H groups in total. The van der Waals surface area contributed by atoms with Gasteiger partial charge in [-0.3, -0.25) is 9.59 Å². The first-order chi connectivity index (χ1) is 9.04. The minimum absolute atomic E-state index is 0.0907. The molecule has 98 valence electrons. The number of rotatable bonds is 2. The highest BCUT2D eigenvalue weighted by molar-refractivity contribution is 6.41. The topological polar surface area (TPSA) is 64.0 Å². The largest absolute Gasteiger partial charge is 0.355 e. The minimum Gasteiger partial charge on any atom is -0.355 e. The average molecular weight is 298 g/mol. The standard InChI is InChI=1S/C12H9Cl2N3O2/c1-15-11(18)7-2-4-8(5-3-7)17-12(19)10(14)9(13)6-16-17/h2-6H,1H3,(H,15,18). The van der Waals surface area contributed by atoms with Gasteiger partial charge in [-0.25, -0.2) is 0 Å². The Hall–Kier alpha value is -1.85. The minimum atomic E-state index is -0.512. The van der Waals surface area contributed by atoms with E-state index in [1.807, 2.05) is 0 Å². The summed E-state index contributed by atoms with van der Waals surface area (Å²) in [5.41, 5.74) is 0.470. The van der Waals surface area contributed by atoms with Gasteiger partial charge in [-0.1, -0.05) is 23.2 Å². The molecule has 0 unspecified atom stereocenters. The zero-order valence-electron chi connectivity index (χ0n) is 9.85. The van der Waals surface area contributed by atoms with Gasteiger partial charge in [0.2, 0.25) is 0 Å². The number of carbonyl (C=O) groups is 1. The average Bonchev–Trinajstić information content (AvgIpc) is 2.44. The van der Waals surface area contributed by atoms with Crippen LogP contribution in [-0.4, -0.2) is 22.7 Å². The first-order valence-corrected chi connectivity index (χ1v) is 6.06. The monoisotopic (exact) mass is 297 g/mol. The van der Waals surface area contributed by atoms with E-state index in [0.29, 0.717) is 11.3 Å². The Balaban J connectivity index is 2.46. The van der Waals surface area contributed by atoms with E-state index >= 15 is 0 Å². The molecule has 0 atom stereocenters. The van der Waals surface area contributed by atoms with Crippen LogP contribution in [0.4, 0.5) is 0 Å². The number of halogens is 2. The first-order valence-electron chi connectivity index (χ1n) is 5.30. The second kappa shape index (κ2) is 5.42. The van der Waals surface area contributed by atoms with Gasteiger partial charge in [-0.2, -0.15) is 9.78 Å². The van der Waals surface area contributed by atoms with Gasteiger partial charge in [0, 0.05) is 12.6 Å². The molecule has 1 aromatic carbocycles. The van der Waals surface area contributed by atoms with Gasteiger partial charge >= 0.3 is 0 Å². The number of benzene rings is 1. The summed E-state index contributed by atoms with van der Waals surface area (Å²) in [5, 5.41) is 6.41. The molecule has 1 aromatic heterocycles. The van der Waals surface area contributed by atoms with Crippen LogP contribution >= 0.6 is 23.2 Å². The molecule has 0 aliphatic rings. The molecular formula is C12H9Cl2N3O2. The number of carbonyl (C=O) groups excluding carboxylic acids is 1. The summed E-state index contributed by atoms with van der Waals surface area (Å²) < 4.78 is 1.11. The van der Waals surface area contributed by atoms with Crippen molar-refractivity contribution in [1.29, 1.82) is 0 Å². The highest BCUT2D eigenvalue weighted by atomic mass is 35.5. The summed E-state index contributed by atoms with van der Waals surface area (Å²) >= 11 is 11.5. The quantitative estimate of drug-likeness (QED) is 0.921. The molecule has 0 saturated heterocycles. The molecular weight excluding hydrogens is 289 g/mol. The third-order valence-electron chi connectivity index (χ3n) is 2.48. The molecule has 0 saturated carbocycles. The maximum absolute atomic E-state index is 11.9. The molecule has 0 bridgehead atoms. The van der Waals surface area contributed by atoms with Crippen LogP contribution in [0.25, 0.3) is 5.69 Å². The van der Waals surface area contributed by atoms with E-state index in [1.54, 1.807) is 31.3 Å². The van der Waals surface area contributed by atoms with E-state index in [2.05, 4.69) is 10.4 Å². The first kappa shape index (κ1) is 13.6. The van der Waals surface area contributed by atoms with Gasteiger partial charge in [0.1, 0.15) is 5.02 Å². The molecule has 19 heavy (non-hydrogen) atoms. The lowest BCUT2D eigenvalue weighted by atomic mass is 10.2. The van der Waals surface area contributed by atoms with Gasteiger partial charge in [0.15, 0.2) is 0 Å². The van der Waals surface area contributed by atoms with Crippen LogP contribution in [-0.2, 0) is 0 Å². The Labute approximate surface area is 118 Å². The van der Waals surface area contributed by atoms with Crippen LogP contribution in [0.15, 0.2) is 35.3 Å². The Morgan fingerprint density at radius 1 is 1.26 bits per heavy atom. The smallest absolute Gasteiger partial charge is 0.291 e. The van der Waals surface area contributed by atoms with Crippen molar-refractivity contribution < 1.29 is 4.79 Å². The molecule has 0 radical (unpaired) electrons. The number of hydrogen-bond acceptors (Lipinski definition) is 3. The molecule has 2 rings (SSSR count). The van der Waals surface area contributed by atoms with Crippen molar-refractivity contribution in [1.82, 2.24) is 15.1 Å². The predicted molar refractivity (Wildman–Crippen MR) is 73.2 cm³/mol. The summed E-state index contributed by atoms with van der Waals surface area (Å²) in [4.78, 5) is 23.3. The van der Waals surface area contributed by atoms with Crippen molar-refractivity contribution in [3.63, 3.8) is 0 Å². The zero-order chi connectivity index (χ0) is 14.0. The van der Waals surface area contributed by atoms with E-state index in [4.69, 9.17) is 23.2 Å². The molecule has 7 heteroatoms. The van der Waals surface area contributed by atoms with E-state index in [0.717, 1.165) is 4.68 Å².